The first-order valence-electron chi connectivity index (χ1n) is 5.73. The van der Waals surface area contributed by atoms with E-state index in [0.29, 0.717) is 12.2 Å². The highest BCUT2D eigenvalue weighted by atomic mass is 19.4. The molecule has 1 aromatic rings. The average Bonchev–Trinajstić information content (AvgIpc) is 2.29. The van der Waals surface area contributed by atoms with Crippen molar-refractivity contribution in [1.82, 2.24) is 4.90 Å². The van der Waals surface area contributed by atoms with E-state index < -0.39 is 11.7 Å². The predicted octanol–water partition coefficient (Wildman–Crippen LogP) is 2.65. The molecule has 0 spiro atoms. The number of benzene rings is 1. The molecule has 0 heterocycles. The zero-order valence-electron chi connectivity index (χ0n) is 10.5. The first kappa shape index (κ1) is 14.6. The largest absolute Gasteiger partial charge is 0.418 e. The van der Waals surface area contributed by atoms with Crippen molar-refractivity contribution in [1.29, 1.82) is 0 Å². The molecule has 3 nitrogen and oxygen atoms in total. The molecule has 3 N–H and O–H groups in total. The van der Waals surface area contributed by atoms with E-state index in [4.69, 9.17) is 5.73 Å². The lowest BCUT2D eigenvalue weighted by Gasteiger charge is -2.16. The zero-order valence-corrected chi connectivity index (χ0v) is 10.5. The molecule has 6 heteroatoms. The molecule has 1 aromatic carbocycles. The van der Waals surface area contributed by atoms with E-state index in [1.165, 1.54) is 6.07 Å². The van der Waals surface area contributed by atoms with Gasteiger partial charge in [-0.15, -0.1) is 0 Å². The zero-order chi connectivity index (χ0) is 13.8. The van der Waals surface area contributed by atoms with E-state index in [1.807, 2.05) is 14.0 Å². The van der Waals surface area contributed by atoms with Gasteiger partial charge in [0.25, 0.3) is 0 Å². The van der Waals surface area contributed by atoms with Crippen molar-refractivity contribution >= 4 is 11.4 Å². The van der Waals surface area contributed by atoms with Gasteiger partial charge in [0, 0.05) is 24.5 Å². The molecular formula is C12H18F3N3. The molecule has 18 heavy (non-hydrogen) atoms. The molecule has 0 saturated carbocycles. The van der Waals surface area contributed by atoms with Crippen LogP contribution in [0.15, 0.2) is 18.2 Å². The molecule has 1 rings (SSSR count). The van der Waals surface area contributed by atoms with Gasteiger partial charge in [-0.1, -0.05) is 6.92 Å². The van der Waals surface area contributed by atoms with E-state index >= 15 is 0 Å². The summed E-state index contributed by atoms with van der Waals surface area (Å²) in [6.07, 6.45) is -4.41. The lowest BCUT2D eigenvalue weighted by atomic mass is 10.1. The number of nitrogens with zero attached hydrogens (tertiary/aromatic N) is 1. The van der Waals surface area contributed by atoms with Crippen LogP contribution in [0, 0.1) is 0 Å². The molecule has 0 aromatic heterocycles. The van der Waals surface area contributed by atoms with Gasteiger partial charge in [0.05, 0.1) is 5.56 Å². The number of anilines is 2. The van der Waals surface area contributed by atoms with Gasteiger partial charge in [-0.25, -0.2) is 0 Å². The van der Waals surface area contributed by atoms with Crippen LogP contribution in [-0.2, 0) is 6.18 Å². The summed E-state index contributed by atoms with van der Waals surface area (Å²) in [6, 6.07) is 3.87. The van der Waals surface area contributed by atoms with Gasteiger partial charge in [0.15, 0.2) is 0 Å². The molecule has 0 unspecified atom stereocenters. The van der Waals surface area contributed by atoms with Crippen LogP contribution in [-0.4, -0.2) is 31.6 Å². The molecule has 0 radical (unpaired) electrons. The van der Waals surface area contributed by atoms with Crippen molar-refractivity contribution in [3.8, 4) is 0 Å². The highest BCUT2D eigenvalue weighted by molar-refractivity contribution is 5.58. The Morgan fingerprint density at radius 1 is 1.33 bits per heavy atom. The third-order valence-corrected chi connectivity index (χ3v) is 2.72. The Morgan fingerprint density at radius 2 is 2.00 bits per heavy atom. The minimum absolute atomic E-state index is 0.251. The molecule has 0 aliphatic carbocycles. The van der Waals surface area contributed by atoms with E-state index in [2.05, 4.69) is 10.2 Å². The lowest BCUT2D eigenvalue weighted by Crippen LogP contribution is -2.24. The third kappa shape index (κ3) is 4.10. The molecule has 102 valence electrons. The molecule has 0 amide bonds. The van der Waals surface area contributed by atoms with Gasteiger partial charge in [0.2, 0.25) is 0 Å². The Labute approximate surface area is 105 Å². The fraction of sp³-hybridized carbons (Fsp3) is 0.500. The number of nitrogens with one attached hydrogen (secondary N) is 1. The van der Waals surface area contributed by atoms with Crippen LogP contribution in [0.4, 0.5) is 24.5 Å². The van der Waals surface area contributed by atoms with Gasteiger partial charge in [-0.05, 0) is 31.8 Å². The number of nitrogens with two attached hydrogens (primary N) is 1. The second-order valence-electron chi connectivity index (χ2n) is 4.12. The van der Waals surface area contributed by atoms with Crippen LogP contribution in [0.2, 0.25) is 0 Å². The van der Waals surface area contributed by atoms with Gasteiger partial charge in [0.1, 0.15) is 0 Å². The van der Waals surface area contributed by atoms with Crippen molar-refractivity contribution in [2.75, 3.05) is 37.7 Å². The summed E-state index contributed by atoms with van der Waals surface area (Å²) in [5.41, 5.74) is 4.70. The van der Waals surface area contributed by atoms with Crippen LogP contribution in [0.25, 0.3) is 0 Å². The Kier molecular flexibility index (Phi) is 4.84. The Bertz CT molecular complexity index is 391. The molecule has 0 aliphatic rings. The van der Waals surface area contributed by atoms with Crippen LogP contribution >= 0.6 is 0 Å². The highest BCUT2D eigenvalue weighted by Crippen LogP contribution is 2.34. The van der Waals surface area contributed by atoms with E-state index in [1.54, 1.807) is 6.07 Å². The maximum atomic E-state index is 12.6. The number of halogens is 3. The van der Waals surface area contributed by atoms with Crippen LogP contribution < -0.4 is 11.1 Å². The van der Waals surface area contributed by atoms with Crippen molar-refractivity contribution in [3.05, 3.63) is 23.8 Å². The number of alkyl halides is 3. The van der Waals surface area contributed by atoms with Crippen molar-refractivity contribution < 1.29 is 13.2 Å². The van der Waals surface area contributed by atoms with Crippen molar-refractivity contribution in [2.24, 2.45) is 0 Å². The van der Waals surface area contributed by atoms with E-state index in [-0.39, 0.29) is 5.69 Å². The molecular weight excluding hydrogens is 243 g/mol. The van der Waals surface area contributed by atoms with Crippen LogP contribution in [0.5, 0.6) is 0 Å². The molecule has 0 saturated heterocycles. The first-order valence-corrected chi connectivity index (χ1v) is 5.73. The summed E-state index contributed by atoms with van der Waals surface area (Å²) in [5.74, 6) is 0. The Balaban J connectivity index is 2.68. The second kappa shape index (κ2) is 5.95. The molecule has 0 aliphatic heterocycles. The van der Waals surface area contributed by atoms with Gasteiger partial charge in [-0.2, -0.15) is 13.2 Å². The Hall–Kier alpha value is -1.43. The van der Waals surface area contributed by atoms with Crippen molar-refractivity contribution in [3.63, 3.8) is 0 Å². The maximum Gasteiger partial charge on any atom is 0.418 e. The summed E-state index contributed by atoms with van der Waals surface area (Å²) in [7, 11) is 1.95. The summed E-state index contributed by atoms with van der Waals surface area (Å²) in [5, 5.41) is 2.95. The lowest BCUT2D eigenvalue weighted by molar-refractivity contribution is -0.136. The number of nitrogen functional groups attached to an aromatic ring is 1. The minimum Gasteiger partial charge on any atom is -0.398 e. The summed E-state index contributed by atoms with van der Waals surface area (Å²) >= 11 is 0. The number of likely N-dealkylation sites (N-methyl/N-ethyl adjacent to an activating group) is 1. The highest BCUT2D eigenvalue weighted by Gasteiger charge is 2.33. The topological polar surface area (TPSA) is 41.3 Å². The number of hydrogen-bond donors (Lipinski definition) is 2. The predicted molar refractivity (Wildman–Crippen MR) is 67.5 cm³/mol. The van der Waals surface area contributed by atoms with Crippen molar-refractivity contribution in [2.45, 2.75) is 13.1 Å². The molecule has 0 fully saturated rings. The summed E-state index contributed by atoms with van der Waals surface area (Å²) in [6.45, 7) is 4.27. The monoisotopic (exact) mass is 261 g/mol. The van der Waals surface area contributed by atoms with Crippen LogP contribution in [0.1, 0.15) is 12.5 Å². The smallest absolute Gasteiger partial charge is 0.398 e. The van der Waals surface area contributed by atoms with Crippen LogP contribution in [0.3, 0.4) is 0 Å². The molecule has 0 bridgehead atoms. The normalized spacial score (nSPS) is 11.9. The second-order valence-corrected chi connectivity index (χ2v) is 4.12. The molecule has 0 atom stereocenters. The minimum atomic E-state index is -4.41. The SMILES string of the molecule is CCN(C)CCNc1ccc(N)c(C(F)(F)F)c1. The van der Waals surface area contributed by atoms with Gasteiger partial charge < -0.3 is 16.0 Å². The Morgan fingerprint density at radius 3 is 2.56 bits per heavy atom. The van der Waals surface area contributed by atoms with E-state index in [9.17, 15) is 13.2 Å². The fourth-order valence-corrected chi connectivity index (χ4v) is 1.46. The van der Waals surface area contributed by atoms with Gasteiger partial charge >= 0.3 is 6.18 Å². The summed E-state index contributed by atoms with van der Waals surface area (Å²) < 4.78 is 37.9. The quantitative estimate of drug-likeness (QED) is 0.801. The third-order valence-electron chi connectivity index (χ3n) is 2.72. The summed E-state index contributed by atoms with van der Waals surface area (Å²) in [4.78, 5) is 2.06. The fourth-order valence-electron chi connectivity index (χ4n) is 1.46. The first-order chi connectivity index (χ1) is 8.34. The number of rotatable bonds is 5. The average molecular weight is 261 g/mol. The number of hydrogen-bond acceptors (Lipinski definition) is 3. The van der Waals surface area contributed by atoms with Gasteiger partial charge in [-0.3, -0.25) is 0 Å². The van der Waals surface area contributed by atoms with E-state index in [0.717, 1.165) is 19.2 Å². The standard InChI is InChI=1S/C12H18F3N3/c1-3-18(2)7-6-17-9-4-5-11(16)10(8-9)12(13,14)15/h4-5,8,17H,3,6-7,16H2,1-2H3. The maximum absolute atomic E-state index is 12.6.